The van der Waals surface area contributed by atoms with Crippen LogP contribution in [0.3, 0.4) is 0 Å². The summed E-state index contributed by atoms with van der Waals surface area (Å²) in [5.74, 6) is 0.410. The molecule has 0 aromatic heterocycles. The predicted octanol–water partition coefficient (Wildman–Crippen LogP) is 2.72. The number of ether oxygens (including phenoxy) is 2. The number of nitrogens with zero attached hydrogens (tertiary/aromatic N) is 2. The highest BCUT2D eigenvalue weighted by atomic mass is 19.1. The Morgan fingerprint density at radius 3 is 2.52 bits per heavy atom. The molecule has 0 atom stereocenters. The molecule has 0 spiro atoms. The summed E-state index contributed by atoms with van der Waals surface area (Å²) in [7, 11) is 3.07. The van der Waals surface area contributed by atoms with E-state index in [0.29, 0.717) is 36.0 Å². The Morgan fingerprint density at radius 2 is 1.85 bits per heavy atom. The van der Waals surface area contributed by atoms with E-state index in [9.17, 15) is 14.0 Å². The highest BCUT2D eigenvalue weighted by Crippen LogP contribution is 2.34. The summed E-state index contributed by atoms with van der Waals surface area (Å²) in [4.78, 5) is 27.9. The topological polar surface area (TPSA) is 71.1 Å². The Bertz CT molecular complexity index is 841. The maximum Gasteiger partial charge on any atom is 0.325 e. The molecule has 1 N–H and O–H groups in total. The number of urea groups is 1. The second kappa shape index (κ2) is 7.94. The molecule has 1 saturated heterocycles. The maximum atomic E-state index is 12.9. The van der Waals surface area contributed by atoms with E-state index < -0.39 is 0 Å². The number of hydrogen-bond donors (Lipinski definition) is 1. The van der Waals surface area contributed by atoms with Crippen molar-refractivity contribution >= 4 is 23.3 Å². The summed E-state index contributed by atoms with van der Waals surface area (Å²) >= 11 is 0. The van der Waals surface area contributed by atoms with Crippen LogP contribution in [0.5, 0.6) is 11.5 Å². The first-order valence-corrected chi connectivity index (χ1v) is 8.35. The van der Waals surface area contributed by atoms with Crippen molar-refractivity contribution in [2.75, 3.05) is 44.1 Å². The molecular formula is C19H20FN3O4. The van der Waals surface area contributed by atoms with Crippen molar-refractivity contribution in [3.05, 3.63) is 48.3 Å². The fourth-order valence-corrected chi connectivity index (χ4v) is 2.87. The second-order valence-corrected chi connectivity index (χ2v) is 5.95. The Labute approximate surface area is 156 Å². The molecule has 2 aromatic carbocycles. The molecule has 1 aliphatic rings. The summed E-state index contributed by atoms with van der Waals surface area (Å²) in [6, 6.07) is 10.3. The Kier molecular flexibility index (Phi) is 5.44. The lowest BCUT2D eigenvalue weighted by Crippen LogP contribution is -2.37. The highest BCUT2D eigenvalue weighted by Gasteiger charge is 2.32. The number of methoxy groups -OCH3 is 2. The SMILES string of the molecule is COc1ccc(OC)c(N2CCN(CC(=O)Nc3ccc(F)cc3)C2=O)c1. The lowest BCUT2D eigenvalue weighted by molar-refractivity contribution is -0.116. The van der Waals surface area contributed by atoms with Crippen LogP contribution in [0, 0.1) is 5.82 Å². The third-order valence-electron chi connectivity index (χ3n) is 4.23. The number of halogens is 1. The van der Waals surface area contributed by atoms with E-state index in [1.165, 1.54) is 36.3 Å². The minimum absolute atomic E-state index is 0.0982. The van der Waals surface area contributed by atoms with E-state index >= 15 is 0 Å². The molecule has 142 valence electrons. The molecule has 1 fully saturated rings. The Balaban J connectivity index is 1.68. The lowest BCUT2D eigenvalue weighted by atomic mass is 10.2. The molecule has 8 heteroatoms. The van der Waals surface area contributed by atoms with Crippen molar-refractivity contribution < 1.29 is 23.5 Å². The number of hydrogen-bond acceptors (Lipinski definition) is 4. The number of anilines is 2. The number of nitrogens with one attached hydrogen (secondary N) is 1. The average molecular weight is 373 g/mol. The van der Waals surface area contributed by atoms with Gasteiger partial charge in [0.15, 0.2) is 0 Å². The molecule has 3 rings (SSSR count). The zero-order valence-electron chi connectivity index (χ0n) is 15.1. The largest absolute Gasteiger partial charge is 0.497 e. The second-order valence-electron chi connectivity index (χ2n) is 5.95. The van der Waals surface area contributed by atoms with Crippen molar-refractivity contribution in [3.63, 3.8) is 0 Å². The molecule has 27 heavy (non-hydrogen) atoms. The number of rotatable bonds is 6. The zero-order valence-corrected chi connectivity index (χ0v) is 15.1. The summed E-state index contributed by atoms with van der Waals surface area (Å²) in [5.41, 5.74) is 1.06. The van der Waals surface area contributed by atoms with Crippen LogP contribution in [0.15, 0.2) is 42.5 Å². The van der Waals surface area contributed by atoms with Crippen LogP contribution in [0.2, 0.25) is 0 Å². The van der Waals surface area contributed by atoms with Gasteiger partial charge in [-0.2, -0.15) is 0 Å². The molecule has 1 aliphatic heterocycles. The quantitative estimate of drug-likeness (QED) is 0.845. The summed E-state index contributed by atoms with van der Waals surface area (Å²) in [6.07, 6.45) is 0. The zero-order chi connectivity index (χ0) is 19.4. The fourth-order valence-electron chi connectivity index (χ4n) is 2.87. The minimum Gasteiger partial charge on any atom is -0.497 e. The summed E-state index contributed by atoms with van der Waals surface area (Å²) in [6.45, 7) is 0.723. The van der Waals surface area contributed by atoms with Crippen molar-refractivity contribution in [2.45, 2.75) is 0 Å². The lowest BCUT2D eigenvalue weighted by Gasteiger charge is -2.21. The molecule has 0 aliphatic carbocycles. The molecule has 0 unspecified atom stereocenters. The van der Waals surface area contributed by atoms with Gasteiger partial charge in [-0.05, 0) is 36.4 Å². The van der Waals surface area contributed by atoms with Gasteiger partial charge >= 0.3 is 6.03 Å². The van der Waals surface area contributed by atoms with E-state index in [4.69, 9.17) is 9.47 Å². The summed E-state index contributed by atoms with van der Waals surface area (Å²) < 4.78 is 23.5. The van der Waals surface area contributed by atoms with Crippen molar-refractivity contribution in [3.8, 4) is 11.5 Å². The van der Waals surface area contributed by atoms with Crippen molar-refractivity contribution in [2.24, 2.45) is 0 Å². The fraction of sp³-hybridized carbons (Fsp3) is 0.263. The van der Waals surface area contributed by atoms with E-state index in [1.807, 2.05) is 0 Å². The Hall–Kier alpha value is -3.29. The Morgan fingerprint density at radius 1 is 1.11 bits per heavy atom. The number of amides is 3. The third kappa shape index (κ3) is 4.11. The van der Waals surface area contributed by atoms with E-state index in [-0.39, 0.29) is 24.3 Å². The van der Waals surface area contributed by atoms with Crippen LogP contribution >= 0.6 is 0 Å². The van der Waals surface area contributed by atoms with Gasteiger partial charge in [0.25, 0.3) is 0 Å². The number of carbonyl (C=O) groups is 2. The average Bonchev–Trinajstić information content (AvgIpc) is 3.03. The first-order chi connectivity index (χ1) is 13.0. The van der Waals surface area contributed by atoms with Gasteiger partial charge < -0.3 is 19.7 Å². The van der Waals surface area contributed by atoms with Gasteiger partial charge in [-0.15, -0.1) is 0 Å². The van der Waals surface area contributed by atoms with Gasteiger partial charge in [0, 0.05) is 24.8 Å². The van der Waals surface area contributed by atoms with Crippen LogP contribution < -0.4 is 19.7 Å². The van der Waals surface area contributed by atoms with Gasteiger partial charge in [-0.1, -0.05) is 0 Å². The van der Waals surface area contributed by atoms with Gasteiger partial charge in [-0.3, -0.25) is 9.69 Å². The highest BCUT2D eigenvalue weighted by molar-refractivity contribution is 6.00. The molecule has 0 radical (unpaired) electrons. The minimum atomic E-state index is -0.384. The summed E-state index contributed by atoms with van der Waals surface area (Å²) in [5, 5.41) is 2.65. The molecule has 0 saturated carbocycles. The van der Waals surface area contributed by atoms with Gasteiger partial charge in [0.05, 0.1) is 19.9 Å². The first-order valence-electron chi connectivity index (χ1n) is 8.35. The maximum absolute atomic E-state index is 12.9. The standard InChI is InChI=1S/C19H20FN3O4/c1-26-15-7-8-17(27-2)16(11-15)23-10-9-22(19(23)25)12-18(24)21-14-5-3-13(20)4-6-14/h3-8,11H,9-10,12H2,1-2H3,(H,21,24). The van der Waals surface area contributed by atoms with E-state index in [2.05, 4.69) is 5.32 Å². The van der Waals surface area contributed by atoms with Crippen LogP contribution in [0.25, 0.3) is 0 Å². The monoisotopic (exact) mass is 373 g/mol. The van der Waals surface area contributed by atoms with Crippen molar-refractivity contribution in [1.29, 1.82) is 0 Å². The van der Waals surface area contributed by atoms with Crippen LogP contribution in [0.4, 0.5) is 20.6 Å². The predicted molar refractivity (Wildman–Crippen MR) is 98.9 cm³/mol. The molecule has 2 aromatic rings. The normalized spacial score (nSPS) is 13.7. The van der Waals surface area contributed by atoms with Crippen molar-refractivity contribution in [1.82, 2.24) is 4.90 Å². The van der Waals surface area contributed by atoms with Gasteiger partial charge in [-0.25, -0.2) is 9.18 Å². The van der Waals surface area contributed by atoms with Gasteiger partial charge in [0.2, 0.25) is 5.91 Å². The molecule has 1 heterocycles. The first kappa shape index (κ1) is 18.5. The van der Waals surface area contributed by atoms with Crippen LogP contribution in [0.1, 0.15) is 0 Å². The van der Waals surface area contributed by atoms with Gasteiger partial charge in [0.1, 0.15) is 23.9 Å². The molecule has 7 nitrogen and oxygen atoms in total. The molecule has 0 bridgehead atoms. The van der Waals surface area contributed by atoms with E-state index in [1.54, 1.807) is 30.2 Å². The third-order valence-corrected chi connectivity index (χ3v) is 4.23. The van der Waals surface area contributed by atoms with E-state index in [0.717, 1.165) is 0 Å². The number of benzene rings is 2. The molecular weight excluding hydrogens is 353 g/mol. The smallest absolute Gasteiger partial charge is 0.325 e. The number of carbonyl (C=O) groups excluding carboxylic acids is 2. The molecule has 3 amide bonds. The van der Waals surface area contributed by atoms with Crippen LogP contribution in [-0.2, 0) is 4.79 Å². The van der Waals surface area contributed by atoms with Crippen LogP contribution in [-0.4, -0.2) is 50.7 Å².